The van der Waals surface area contributed by atoms with Crippen LogP contribution in [0.3, 0.4) is 0 Å². The van der Waals surface area contributed by atoms with E-state index in [0.29, 0.717) is 28.7 Å². The summed E-state index contributed by atoms with van der Waals surface area (Å²) in [5.74, 6) is 0.499. The fourth-order valence-corrected chi connectivity index (χ4v) is 2.98. The number of hydrogen-bond donors (Lipinski definition) is 1. The van der Waals surface area contributed by atoms with E-state index in [-0.39, 0.29) is 0 Å². The Balaban J connectivity index is 2.32. The summed E-state index contributed by atoms with van der Waals surface area (Å²) >= 11 is 0. The number of sulfone groups is 1. The minimum atomic E-state index is -3.28. The van der Waals surface area contributed by atoms with Gasteiger partial charge in [0.15, 0.2) is 15.5 Å². The van der Waals surface area contributed by atoms with Crippen LogP contribution in [0.2, 0.25) is 0 Å². The zero-order valence-corrected chi connectivity index (χ0v) is 10.9. The standard InChI is InChI=1S/C12H15N3O2S/c1-18(16,17)11-4-9(8-2-3-8)6-15-7-10(5-13)14-12(11)15/h4,6-8H,2-3,5,13H2,1H3. The van der Waals surface area contributed by atoms with Gasteiger partial charge < -0.3 is 10.1 Å². The van der Waals surface area contributed by atoms with Gasteiger partial charge in [0, 0.05) is 25.2 Å². The quantitative estimate of drug-likeness (QED) is 0.900. The lowest BCUT2D eigenvalue weighted by Gasteiger charge is -2.05. The summed E-state index contributed by atoms with van der Waals surface area (Å²) in [4.78, 5) is 4.58. The molecule has 96 valence electrons. The van der Waals surface area contributed by atoms with E-state index in [4.69, 9.17) is 5.73 Å². The third kappa shape index (κ3) is 1.91. The third-order valence-corrected chi connectivity index (χ3v) is 4.35. The van der Waals surface area contributed by atoms with E-state index in [2.05, 4.69) is 4.98 Å². The number of imidazole rings is 1. The van der Waals surface area contributed by atoms with E-state index >= 15 is 0 Å². The van der Waals surface area contributed by atoms with Crippen molar-refractivity contribution in [2.75, 3.05) is 6.26 Å². The number of rotatable bonds is 3. The van der Waals surface area contributed by atoms with E-state index in [1.54, 1.807) is 16.7 Å². The molecule has 2 N–H and O–H groups in total. The predicted molar refractivity (Wildman–Crippen MR) is 68.2 cm³/mol. The van der Waals surface area contributed by atoms with E-state index in [1.807, 2.05) is 6.20 Å². The van der Waals surface area contributed by atoms with Gasteiger partial charge in [0.05, 0.1) is 5.69 Å². The van der Waals surface area contributed by atoms with Gasteiger partial charge >= 0.3 is 0 Å². The number of fused-ring (bicyclic) bond motifs is 1. The lowest BCUT2D eigenvalue weighted by Crippen LogP contribution is -2.02. The molecule has 18 heavy (non-hydrogen) atoms. The van der Waals surface area contributed by atoms with Crippen LogP contribution < -0.4 is 5.73 Å². The van der Waals surface area contributed by atoms with Crippen LogP contribution in [0.25, 0.3) is 5.65 Å². The van der Waals surface area contributed by atoms with Crippen LogP contribution >= 0.6 is 0 Å². The molecule has 1 aliphatic rings. The molecule has 2 heterocycles. The molecule has 1 saturated carbocycles. The molecule has 0 spiro atoms. The average molecular weight is 265 g/mol. The van der Waals surface area contributed by atoms with E-state index in [1.165, 1.54) is 6.26 Å². The second-order valence-corrected chi connectivity index (χ2v) is 6.84. The van der Waals surface area contributed by atoms with Crippen molar-refractivity contribution >= 4 is 15.5 Å². The minimum Gasteiger partial charge on any atom is -0.325 e. The van der Waals surface area contributed by atoms with Crippen molar-refractivity contribution in [1.82, 2.24) is 9.38 Å². The molecule has 1 fully saturated rings. The normalized spacial score (nSPS) is 16.3. The Bertz CT molecular complexity index is 714. The summed E-state index contributed by atoms with van der Waals surface area (Å²) in [6.07, 6.45) is 7.25. The van der Waals surface area contributed by atoms with Gasteiger partial charge in [0.1, 0.15) is 4.90 Å². The Hall–Kier alpha value is -1.40. The summed E-state index contributed by atoms with van der Waals surface area (Å²) in [5, 5.41) is 0. The molecule has 0 atom stereocenters. The second-order valence-electron chi connectivity index (χ2n) is 4.85. The Morgan fingerprint density at radius 2 is 2.17 bits per heavy atom. The SMILES string of the molecule is CS(=O)(=O)c1cc(C2CC2)cn2cc(CN)nc12. The first-order chi connectivity index (χ1) is 8.49. The lowest BCUT2D eigenvalue weighted by molar-refractivity contribution is 0.602. The molecule has 1 aliphatic carbocycles. The number of aromatic nitrogens is 2. The monoisotopic (exact) mass is 265 g/mol. The maximum atomic E-state index is 11.9. The maximum absolute atomic E-state index is 11.9. The van der Waals surface area contributed by atoms with Crippen molar-refractivity contribution in [3.8, 4) is 0 Å². The highest BCUT2D eigenvalue weighted by molar-refractivity contribution is 7.91. The summed E-state index contributed by atoms with van der Waals surface area (Å²) in [5.41, 5.74) is 7.81. The maximum Gasteiger partial charge on any atom is 0.179 e. The van der Waals surface area contributed by atoms with Gasteiger partial charge in [-0.15, -0.1) is 0 Å². The molecule has 0 saturated heterocycles. The van der Waals surface area contributed by atoms with Crippen molar-refractivity contribution in [2.45, 2.75) is 30.2 Å². The molecule has 2 aromatic rings. The van der Waals surface area contributed by atoms with Gasteiger partial charge in [-0.1, -0.05) is 0 Å². The van der Waals surface area contributed by atoms with E-state index < -0.39 is 9.84 Å². The smallest absolute Gasteiger partial charge is 0.179 e. The van der Waals surface area contributed by atoms with Crippen LogP contribution in [0.15, 0.2) is 23.4 Å². The largest absolute Gasteiger partial charge is 0.325 e. The molecule has 5 nitrogen and oxygen atoms in total. The number of nitrogens with two attached hydrogens (primary N) is 1. The second kappa shape index (κ2) is 3.80. The van der Waals surface area contributed by atoms with Crippen molar-refractivity contribution < 1.29 is 8.42 Å². The molecule has 3 rings (SSSR count). The summed E-state index contributed by atoms with van der Waals surface area (Å²) in [6.45, 7) is 0.309. The van der Waals surface area contributed by atoms with Crippen molar-refractivity contribution in [2.24, 2.45) is 5.73 Å². The van der Waals surface area contributed by atoms with Crippen LogP contribution in [0.1, 0.15) is 30.0 Å². The number of nitrogens with zero attached hydrogens (tertiary/aromatic N) is 2. The molecular weight excluding hydrogens is 250 g/mol. The van der Waals surface area contributed by atoms with Gasteiger partial charge in [-0.3, -0.25) is 0 Å². The van der Waals surface area contributed by atoms with Crippen molar-refractivity contribution in [3.05, 3.63) is 29.7 Å². The summed E-state index contributed by atoms with van der Waals surface area (Å²) < 4.78 is 25.5. The highest BCUT2D eigenvalue weighted by Gasteiger charge is 2.26. The summed E-state index contributed by atoms with van der Waals surface area (Å²) in [7, 11) is -3.28. The summed E-state index contributed by atoms with van der Waals surface area (Å²) in [6, 6.07) is 1.76. The Labute approximate surface area is 106 Å². The van der Waals surface area contributed by atoms with E-state index in [9.17, 15) is 8.42 Å². The highest BCUT2D eigenvalue weighted by atomic mass is 32.2. The first-order valence-electron chi connectivity index (χ1n) is 5.90. The van der Waals surface area contributed by atoms with Crippen LogP contribution in [0, 0.1) is 0 Å². The van der Waals surface area contributed by atoms with Gasteiger partial charge in [-0.05, 0) is 30.4 Å². The van der Waals surface area contributed by atoms with Crippen LogP contribution in [-0.2, 0) is 16.4 Å². The molecule has 0 radical (unpaired) electrons. The third-order valence-electron chi connectivity index (χ3n) is 3.25. The van der Waals surface area contributed by atoms with Gasteiger partial charge in [-0.2, -0.15) is 0 Å². The predicted octanol–water partition coefficient (Wildman–Crippen LogP) is 1.07. The topological polar surface area (TPSA) is 77.5 Å². The molecule has 2 aromatic heterocycles. The first-order valence-corrected chi connectivity index (χ1v) is 7.80. The minimum absolute atomic E-state index is 0.298. The average Bonchev–Trinajstić information content (AvgIpc) is 3.06. The molecule has 0 bridgehead atoms. The number of hydrogen-bond acceptors (Lipinski definition) is 4. The molecule has 0 aliphatic heterocycles. The Morgan fingerprint density at radius 1 is 1.44 bits per heavy atom. The Morgan fingerprint density at radius 3 is 2.72 bits per heavy atom. The van der Waals surface area contributed by atoms with Gasteiger partial charge in [0.25, 0.3) is 0 Å². The molecule has 6 heteroatoms. The molecule has 0 unspecified atom stereocenters. The van der Waals surface area contributed by atoms with Crippen LogP contribution in [-0.4, -0.2) is 24.1 Å². The zero-order valence-electron chi connectivity index (χ0n) is 10.1. The first kappa shape index (κ1) is 11.7. The van der Waals surface area contributed by atoms with Crippen molar-refractivity contribution in [3.63, 3.8) is 0 Å². The van der Waals surface area contributed by atoms with Crippen LogP contribution in [0.4, 0.5) is 0 Å². The van der Waals surface area contributed by atoms with E-state index in [0.717, 1.165) is 18.4 Å². The Kier molecular flexibility index (Phi) is 2.46. The lowest BCUT2D eigenvalue weighted by atomic mass is 10.2. The molecule has 0 amide bonds. The fraction of sp³-hybridized carbons (Fsp3) is 0.417. The zero-order chi connectivity index (χ0) is 12.9. The van der Waals surface area contributed by atoms with Gasteiger partial charge in [-0.25, -0.2) is 13.4 Å². The van der Waals surface area contributed by atoms with Gasteiger partial charge in [0.2, 0.25) is 0 Å². The highest BCUT2D eigenvalue weighted by Crippen LogP contribution is 2.41. The molecule has 0 aromatic carbocycles. The van der Waals surface area contributed by atoms with Crippen molar-refractivity contribution in [1.29, 1.82) is 0 Å². The fourth-order valence-electron chi connectivity index (χ4n) is 2.15. The number of pyridine rings is 1. The van der Waals surface area contributed by atoms with Crippen LogP contribution in [0.5, 0.6) is 0 Å². The molecular formula is C12H15N3O2S.